The molecule has 2 rings (SSSR count). The van der Waals surface area contributed by atoms with Crippen LogP contribution >= 0.6 is 23.2 Å². The number of aromatic carboxylic acids is 1. The monoisotopic (exact) mass is 298 g/mol. The Bertz CT molecular complexity index is 636. The Morgan fingerprint density at radius 3 is 2.58 bits per heavy atom. The number of halogens is 2. The maximum atomic E-state index is 11.3. The highest BCUT2D eigenvalue weighted by atomic mass is 35.5. The summed E-state index contributed by atoms with van der Waals surface area (Å²) in [6, 6.07) is 4.96. The van der Waals surface area contributed by atoms with Crippen molar-refractivity contribution in [1.82, 2.24) is 9.78 Å². The lowest BCUT2D eigenvalue weighted by Gasteiger charge is -2.04. The van der Waals surface area contributed by atoms with Crippen LogP contribution in [0, 0.1) is 0 Å². The zero-order chi connectivity index (χ0) is 14.2. The lowest BCUT2D eigenvalue weighted by atomic mass is 10.1. The van der Waals surface area contributed by atoms with Crippen molar-refractivity contribution in [3.8, 4) is 11.3 Å². The van der Waals surface area contributed by atoms with Gasteiger partial charge in [-0.3, -0.25) is 4.68 Å². The van der Waals surface area contributed by atoms with Crippen LogP contribution in [0.2, 0.25) is 10.0 Å². The molecule has 0 saturated heterocycles. The molecule has 6 heteroatoms. The molecule has 0 atom stereocenters. The minimum atomic E-state index is -1.03. The minimum Gasteiger partial charge on any atom is -0.478 e. The standard InChI is InChI=1S/C13H12Cl2N2O2/c1-7(2)17-6-10(13(18)19)12(16-17)9-4-3-8(14)5-11(9)15/h3-7H,1-2H3,(H,18,19). The van der Waals surface area contributed by atoms with E-state index in [9.17, 15) is 9.90 Å². The van der Waals surface area contributed by atoms with Gasteiger partial charge in [0, 0.05) is 22.8 Å². The van der Waals surface area contributed by atoms with Crippen LogP contribution < -0.4 is 0 Å². The maximum absolute atomic E-state index is 11.3. The third-order valence-electron chi connectivity index (χ3n) is 2.68. The van der Waals surface area contributed by atoms with E-state index in [1.165, 1.54) is 6.20 Å². The summed E-state index contributed by atoms with van der Waals surface area (Å²) in [7, 11) is 0. The molecule has 0 bridgehead atoms. The quantitative estimate of drug-likeness (QED) is 0.926. The number of nitrogens with zero attached hydrogens (tertiary/aromatic N) is 2. The van der Waals surface area contributed by atoms with Crippen molar-refractivity contribution in [1.29, 1.82) is 0 Å². The molecule has 0 saturated carbocycles. The van der Waals surface area contributed by atoms with E-state index in [1.807, 2.05) is 13.8 Å². The first-order valence-electron chi connectivity index (χ1n) is 5.68. The van der Waals surface area contributed by atoms with Crippen molar-refractivity contribution in [2.75, 3.05) is 0 Å². The third kappa shape index (κ3) is 2.74. The van der Waals surface area contributed by atoms with Gasteiger partial charge in [0.15, 0.2) is 0 Å². The average molecular weight is 299 g/mol. The highest BCUT2D eigenvalue weighted by molar-refractivity contribution is 6.36. The van der Waals surface area contributed by atoms with Gasteiger partial charge in [0.2, 0.25) is 0 Å². The van der Waals surface area contributed by atoms with Crippen LogP contribution in [-0.4, -0.2) is 20.9 Å². The van der Waals surface area contributed by atoms with Crippen molar-refractivity contribution in [2.24, 2.45) is 0 Å². The van der Waals surface area contributed by atoms with Crippen molar-refractivity contribution in [3.05, 3.63) is 40.0 Å². The Morgan fingerprint density at radius 1 is 1.37 bits per heavy atom. The van der Waals surface area contributed by atoms with Crippen LogP contribution in [0.25, 0.3) is 11.3 Å². The van der Waals surface area contributed by atoms with E-state index >= 15 is 0 Å². The second kappa shape index (κ2) is 5.23. The number of carboxylic acids is 1. The number of hydrogen-bond donors (Lipinski definition) is 1. The van der Waals surface area contributed by atoms with Gasteiger partial charge in [-0.2, -0.15) is 5.10 Å². The molecule has 0 fully saturated rings. The van der Waals surface area contributed by atoms with Gasteiger partial charge in [-0.05, 0) is 32.0 Å². The van der Waals surface area contributed by atoms with Gasteiger partial charge in [-0.25, -0.2) is 4.79 Å². The van der Waals surface area contributed by atoms with Crippen LogP contribution in [0.4, 0.5) is 0 Å². The van der Waals surface area contributed by atoms with Crippen molar-refractivity contribution in [2.45, 2.75) is 19.9 Å². The first-order valence-corrected chi connectivity index (χ1v) is 6.43. The molecule has 1 N–H and O–H groups in total. The summed E-state index contributed by atoms with van der Waals surface area (Å²) in [6.07, 6.45) is 1.51. The molecule has 4 nitrogen and oxygen atoms in total. The molecule has 0 aliphatic rings. The van der Waals surface area contributed by atoms with Gasteiger partial charge in [0.1, 0.15) is 11.3 Å². The summed E-state index contributed by atoms with van der Waals surface area (Å²) < 4.78 is 1.60. The molecule has 19 heavy (non-hydrogen) atoms. The molecule has 0 spiro atoms. The van der Waals surface area contributed by atoms with Crippen molar-refractivity contribution in [3.63, 3.8) is 0 Å². The Labute approximate surface area is 120 Å². The van der Waals surface area contributed by atoms with Gasteiger partial charge < -0.3 is 5.11 Å². The van der Waals surface area contributed by atoms with E-state index in [-0.39, 0.29) is 11.6 Å². The van der Waals surface area contributed by atoms with E-state index in [2.05, 4.69) is 5.10 Å². The molecule has 1 aromatic heterocycles. The predicted octanol–water partition coefficient (Wildman–Crippen LogP) is 4.14. The van der Waals surface area contributed by atoms with Gasteiger partial charge in [-0.15, -0.1) is 0 Å². The van der Waals surface area contributed by atoms with Gasteiger partial charge >= 0.3 is 5.97 Å². The van der Waals surface area contributed by atoms with Crippen LogP contribution in [0.3, 0.4) is 0 Å². The Morgan fingerprint density at radius 2 is 2.05 bits per heavy atom. The fourth-order valence-electron chi connectivity index (χ4n) is 1.69. The van der Waals surface area contributed by atoms with E-state index in [0.717, 1.165) is 0 Å². The molecule has 1 aromatic carbocycles. The Kier molecular flexibility index (Phi) is 3.83. The fraction of sp³-hybridized carbons (Fsp3) is 0.231. The summed E-state index contributed by atoms with van der Waals surface area (Å²) in [5.74, 6) is -1.03. The molecule has 2 aromatic rings. The lowest BCUT2D eigenvalue weighted by Crippen LogP contribution is -2.00. The predicted molar refractivity (Wildman–Crippen MR) is 75.0 cm³/mol. The molecule has 0 aliphatic heterocycles. The number of aromatic nitrogens is 2. The zero-order valence-electron chi connectivity index (χ0n) is 10.4. The first-order chi connectivity index (χ1) is 8.90. The average Bonchev–Trinajstić information content (AvgIpc) is 2.73. The molecule has 0 radical (unpaired) electrons. The number of carbonyl (C=O) groups is 1. The topological polar surface area (TPSA) is 55.1 Å². The van der Waals surface area contributed by atoms with Gasteiger partial charge in [0.25, 0.3) is 0 Å². The van der Waals surface area contributed by atoms with Crippen molar-refractivity contribution >= 4 is 29.2 Å². The summed E-state index contributed by atoms with van der Waals surface area (Å²) >= 11 is 11.9. The summed E-state index contributed by atoms with van der Waals surface area (Å²) in [5, 5.41) is 14.4. The van der Waals surface area contributed by atoms with E-state index in [1.54, 1.807) is 22.9 Å². The van der Waals surface area contributed by atoms with Crippen LogP contribution in [0.15, 0.2) is 24.4 Å². The lowest BCUT2D eigenvalue weighted by molar-refractivity contribution is 0.0697. The minimum absolute atomic E-state index is 0.0675. The van der Waals surface area contributed by atoms with Gasteiger partial charge in [0.05, 0.1) is 5.02 Å². The number of benzene rings is 1. The number of hydrogen-bond acceptors (Lipinski definition) is 2. The number of carboxylic acid groups (broad SMARTS) is 1. The smallest absolute Gasteiger partial charge is 0.339 e. The zero-order valence-corrected chi connectivity index (χ0v) is 11.9. The Hall–Kier alpha value is -1.52. The highest BCUT2D eigenvalue weighted by Gasteiger charge is 2.20. The van der Waals surface area contributed by atoms with E-state index < -0.39 is 5.97 Å². The second-order valence-corrected chi connectivity index (χ2v) is 5.24. The molecule has 100 valence electrons. The molecule has 0 unspecified atom stereocenters. The van der Waals surface area contributed by atoms with Gasteiger partial charge in [-0.1, -0.05) is 23.2 Å². The molecular formula is C13H12Cl2N2O2. The Balaban J connectivity index is 2.63. The maximum Gasteiger partial charge on any atom is 0.339 e. The molecule has 0 aliphatic carbocycles. The SMILES string of the molecule is CC(C)n1cc(C(=O)O)c(-c2ccc(Cl)cc2Cl)n1. The molecule has 1 heterocycles. The summed E-state index contributed by atoms with van der Waals surface area (Å²) in [6.45, 7) is 3.84. The second-order valence-electron chi connectivity index (χ2n) is 4.39. The normalized spacial score (nSPS) is 11.0. The van der Waals surface area contributed by atoms with Crippen molar-refractivity contribution < 1.29 is 9.90 Å². The van der Waals surface area contributed by atoms with Crippen LogP contribution in [0.5, 0.6) is 0 Å². The van der Waals surface area contributed by atoms with Crippen LogP contribution in [0.1, 0.15) is 30.2 Å². The third-order valence-corrected chi connectivity index (χ3v) is 3.23. The summed E-state index contributed by atoms with van der Waals surface area (Å²) in [4.78, 5) is 11.3. The number of rotatable bonds is 3. The largest absolute Gasteiger partial charge is 0.478 e. The molecule has 0 amide bonds. The highest BCUT2D eigenvalue weighted by Crippen LogP contribution is 2.32. The van der Waals surface area contributed by atoms with E-state index in [4.69, 9.17) is 23.2 Å². The van der Waals surface area contributed by atoms with Crippen LogP contribution in [-0.2, 0) is 0 Å². The first kappa shape index (κ1) is 13.9. The van der Waals surface area contributed by atoms with E-state index in [0.29, 0.717) is 21.3 Å². The summed E-state index contributed by atoms with van der Waals surface area (Å²) in [5.41, 5.74) is 1.03. The fourth-order valence-corrected chi connectivity index (χ4v) is 2.19. The molecular weight excluding hydrogens is 287 g/mol.